The zero-order chi connectivity index (χ0) is 14.0. The van der Waals surface area contributed by atoms with Crippen molar-refractivity contribution in [2.24, 2.45) is 0 Å². The van der Waals surface area contributed by atoms with Crippen LogP contribution in [0.3, 0.4) is 0 Å². The first-order valence-electron chi connectivity index (χ1n) is 5.17. The van der Waals surface area contributed by atoms with Crippen LogP contribution in [0.15, 0.2) is 30.3 Å². The molecule has 0 heterocycles. The van der Waals surface area contributed by atoms with Crippen molar-refractivity contribution in [3.8, 4) is 0 Å². The molecular weight excluding hydrogens is 259 g/mol. The molecule has 1 aromatic rings. The summed E-state index contributed by atoms with van der Waals surface area (Å²) < 4.78 is 15.5. The number of carbonyl (C=O) groups is 1. The van der Waals surface area contributed by atoms with E-state index in [2.05, 4.69) is 4.52 Å². The van der Waals surface area contributed by atoms with E-state index in [1.165, 1.54) is 12.1 Å². The van der Waals surface area contributed by atoms with Gasteiger partial charge in [0, 0.05) is 0 Å². The van der Waals surface area contributed by atoms with Gasteiger partial charge in [-0.15, -0.1) is 0 Å². The average molecular weight is 274 g/mol. The SMILES string of the molecule is CC(=O)[C@](C)(O)[C@@H](OP(=O)(O)O)c1ccccc1. The van der Waals surface area contributed by atoms with Crippen molar-refractivity contribution in [1.29, 1.82) is 0 Å². The lowest BCUT2D eigenvalue weighted by Crippen LogP contribution is -2.41. The number of benzene rings is 1. The second-order valence-corrected chi connectivity index (χ2v) is 5.28. The van der Waals surface area contributed by atoms with Gasteiger partial charge >= 0.3 is 7.82 Å². The van der Waals surface area contributed by atoms with Gasteiger partial charge < -0.3 is 14.9 Å². The molecular formula is C11H15O6P. The van der Waals surface area contributed by atoms with Crippen LogP contribution in [-0.4, -0.2) is 26.3 Å². The smallest absolute Gasteiger partial charge is 0.379 e. The summed E-state index contributed by atoms with van der Waals surface area (Å²) in [4.78, 5) is 29.1. The third-order valence-corrected chi connectivity index (χ3v) is 3.05. The predicted octanol–water partition coefficient (Wildman–Crippen LogP) is 1.18. The normalized spacial score (nSPS) is 16.9. The van der Waals surface area contributed by atoms with E-state index in [0.29, 0.717) is 5.56 Å². The molecule has 0 aromatic heterocycles. The maximum absolute atomic E-state index is 11.4. The first kappa shape index (κ1) is 15.0. The molecule has 0 spiro atoms. The maximum Gasteiger partial charge on any atom is 0.470 e. The van der Waals surface area contributed by atoms with Crippen molar-refractivity contribution in [3.05, 3.63) is 35.9 Å². The third kappa shape index (κ3) is 3.73. The number of ketones is 1. The molecule has 0 aliphatic carbocycles. The molecule has 3 N–H and O–H groups in total. The Labute approximate surface area is 104 Å². The van der Waals surface area contributed by atoms with Crippen LogP contribution in [0.5, 0.6) is 0 Å². The van der Waals surface area contributed by atoms with E-state index >= 15 is 0 Å². The molecule has 0 unspecified atom stereocenters. The molecule has 1 aromatic carbocycles. The molecule has 0 radical (unpaired) electrons. The Morgan fingerprint density at radius 1 is 1.33 bits per heavy atom. The van der Waals surface area contributed by atoms with Crippen molar-refractivity contribution in [3.63, 3.8) is 0 Å². The highest BCUT2D eigenvalue weighted by atomic mass is 31.2. The van der Waals surface area contributed by atoms with E-state index < -0.39 is 25.3 Å². The van der Waals surface area contributed by atoms with Crippen LogP contribution in [0.1, 0.15) is 25.5 Å². The minimum absolute atomic E-state index is 0.307. The Hall–Kier alpha value is -1.04. The Morgan fingerprint density at radius 2 is 1.83 bits per heavy atom. The van der Waals surface area contributed by atoms with E-state index in [-0.39, 0.29) is 0 Å². The van der Waals surface area contributed by atoms with Crippen molar-refractivity contribution >= 4 is 13.6 Å². The fourth-order valence-electron chi connectivity index (χ4n) is 1.44. The molecule has 2 atom stereocenters. The van der Waals surface area contributed by atoms with Gasteiger partial charge in [0.2, 0.25) is 0 Å². The summed E-state index contributed by atoms with van der Waals surface area (Å²) in [5.74, 6) is -0.648. The highest BCUT2D eigenvalue weighted by Gasteiger charge is 2.42. The van der Waals surface area contributed by atoms with E-state index in [0.717, 1.165) is 13.8 Å². The third-order valence-electron chi connectivity index (χ3n) is 2.57. The first-order valence-corrected chi connectivity index (χ1v) is 6.70. The summed E-state index contributed by atoms with van der Waals surface area (Å²) in [6.45, 7) is 2.28. The van der Waals surface area contributed by atoms with Crippen molar-refractivity contribution in [1.82, 2.24) is 0 Å². The molecule has 0 saturated heterocycles. The summed E-state index contributed by atoms with van der Waals surface area (Å²) in [5, 5.41) is 10.1. The van der Waals surface area contributed by atoms with Gasteiger partial charge in [-0.2, -0.15) is 0 Å². The molecule has 0 aliphatic heterocycles. The number of phosphoric acid groups is 1. The van der Waals surface area contributed by atoms with Gasteiger partial charge in [0.1, 0.15) is 6.10 Å². The quantitative estimate of drug-likeness (QED) is 0.696. The number of carbonyl (C=O) groups excluding carboxylic acids is 1. The summed E-state index contributed by atoms with van der Waals surface area (Å²) in [5.41, 5.74) is -1.72. The number of hydrogen-bond donors (Lipinski definition) is 3. The molecule has 100 valence electrons. The van der Waals surface area contributed by atoms with Crippen LogP contribution in [0.2, 0.25) is 0 Å². The largest absolute Gasteiger partial charge is 0.470 e. The van der Waals surface area contributed by atoms with Gasteiger partial charge in [0.15, 0.2) is 11.4 Å². The molecule has 7 heteroatoms. The fourth-order valence-corrected chi connectivity index (χ4v) is 2.04. The molecule has 0 amide bonds. The molecule has 0 bridgehead atoms. The molecule has 6 nitrogen and oxygen atoms in total. The van der Waals surface area contributed by atoms with Crippen molar-refractivity contribution < 1.29 is 28.8 Å². The average Bonchev–Trinajstić information content (AvgIpc) is 2.25. The van der Waals surface area contributed by atoms with Crippen LogP contribution in [0.4, 0.5) is 0 Å². The van der Waals surface area contributed by atoms with E-state index in [1.807, 2.05) is 0 Å². The molecule has 0 fully saturated rings. The Kier molecular flexibility index (Phi) is 4.42. The van der Waals surface area contributed by atoms with Crippen LogP contribution in [0, 0.1) is 0 Å². The number of rotatable bonds is 5. The second-order valence-electron chi connectivity index (χ2n) is 4.09. The fraction of sp³-hybridized carbons (Fsp3) is 0.364. The highest BCUT2D eigenvalue weighted by Crippen LogP contribution is 2.46. The topological polar surface area (TPSA) is 104 Å². The van der Waals surface area contributed by atoms with Crippen LogP contribution in [-0.2, 0) is 13.9 Å². The van der Waals surface area contributed by atoms with E-state index in [9.17, 15) is 14.5 Å². The van der Waals surface area contributed by atoms with E-state index in [1.54, 1.807) is 18.2 Å². The van der Waals surface area contributed by atoms with Crippen molar-refractivity contribution in [2.45, 2.75) is 25.6 Å². The molecule has 0 aliphatic rings. The number of aliphatic hydroxyl groups is 1. The minimum Gasteiger partial charge on any atom is -0.379 e. The maximum atomic E-state index is 11.4. The number of hydrogen-bond acceptors (Lipinski definition) is 4. The standard InChI is InChI=1S/C11H15O6P/c1-8(12)11(2,13)10(17-18(14,15)16)9-6-4-3-5-7-9/h3-7,10,13H,1-2H3,(H2,14,15,16)/t10-,11-/m0/s1. The van der Waals surface area contributed by atoms with E-state index in [4.69, 9.17) is 9.79 Å². The molecule has 0 saturated carbocycles. The summed E-state index contributed by atoms with van der Waals surface area (Å²) in [6.07, 6.45) is -1.43. The van der Waals surface area contributed by atoms with Gasteiger partial charge in [-0.1, -0.05) is 30.3 Å². The van der Waals surface area contributed by atoms with Gasteiger partial charge in [0.05, 0.1) is 0 Å². The summed E-state index contributed by atoms with van der Waals surface area (Å²) in [6, 6.07) is 7.94. The Bertz CT molecular complexity index is 464. The zero-order valence-electron chi connectivity index (χ0n) is 9.98. The molecule has 18 heavy (non-hydrogen) atoms. The Morgan fingerprint density at radius 3 is 2.22 bits per heavy atom. The van der Waals surface area contributed by atoms with Gasteiger partial charge in [-0.05, 0) is 19.4 Å². The zero-order valence-corrected chi connectivity index (χ0v) is 10.9. The van der Waals surface area contributed by atoms with Crippen LogP contribution < -0.4 is 0 Å². The monoisotopic (exact) mass is 274 g/mol. The van der Waals surface area contributed by atoms with Crippen molar-refractivity contribution in [2.75, 3.05) is 0 Å². The van der Waals surface area contributed by atoms with Crippen LogP contribution in [0.25, 0.3) is 0 Å². The first-order chi connectivity index (χ1) is 8.14. The summed E-state index contributed by atoms with van der Waals surface area (Å²) in [7, 11) is -4.84. The van der Waals surface area contributed by atoms with Crippen LogP contribution >= 0.6 is 7.82 Å². The predicted molar refractivity (Wildman–Crippen MR) is 63.6 cm³/mol. The lowest BCUT2D eigenvalue weighted by Gasteiger charge is -2.30. The van der Waals surface area contributed by atoms with Gasteiger partial charge in [0.25, 0.3) is 0 Å². The number of phosphoric ester groups is 1. The minimum atomic E-state index is -4.84. The highest BCUT2D eigenvalue weighted by molar-refractivity contribution is 7.46. The van der Waals surface area contributed by atoms with Gasteiger partial charge in [-0.3, -0.25) is 9.32 Å². The summed E-state index contributed by atoms with van der Waals surface area (Å²) >= 11 is 0. The van der Waals surface area contributed by atoms with Gasteiger partial charge in [-0.25, -0.2) is 4.57 Å². The molecule has 1 rings (SSSR count). The Balaban J connectivity index is 3.20. The second kappa shape index (κ2) is 5.30. The lowest BCUT2D eigenvalue weighted by atomic mass is 9.90. The lowest BCUT2D eigenvalue weighted by molar-refractivity contribution is -0.144. The number of Topliss-reactive ketones (excluding diaryl/α,β-unsaturated/α-hetero) is 1.